The van der Waals surface area contributed by atoms with Gasteiger partial charge in [-0.25, -0.2) is 4.79 Å². The van der Waals surface area contributed by atoms with Gasteiger partial charge in [-0.3, -0.25) is 10.1 Å². The number of dihydropyridines is 2. The van der Waals surface area contributed by atoms with E-state index in [1.165, 1.54) is 11.6 Å². The van der Waals surface area contributed by atoms with Gasteiger partial charge >= 0.3 is 5.97 Å². The van der Waals surface area contributed by atoms with E-state index in [1.807, 2.05) is 19.9 Å². The molecule has 1 saturated heterocycles. The predicted octanol–water partition coefficient (Wildman–Crippen LogP) is 5.82. The van der Waals surface area contributed by atoms with Gasteiger partial charge in [0.2, 0.25) is 0 Å². The van der Waals surface area contributed by atoms with Gasteiger partial charge in [0.15, 0.2) is 5.43 Å². The highest BCUT2D eigenvalue weighted by molar-refractivity contribution is 5.94. The minimum atomic E-state index is -1.38. The smallest absolute Gasteiger partial charge is 0.337 e. The van der Waals surface area contributed by atoms with Crippen molar-refractivity contribution in [2.75, 3.05) is 32.8 Å². The Balaban J connectivity index is 1.12. The van der Waals surface area contributed by atoms with E-state index in [1.54, 1.807) is 12.1 Å². The molecule has 1 aromatic heterocycles. The molecule has 1 spiro atoms. The molecule has 12 rings (SSSR count). The van der Waals surface area contributed by atoms with Crippen LogP contribution in [0.3, 0.4) is 0 Å². The number of aliphatic hydroxyl groups is 3. The summed E-state index contributed by atoms with van der Waals surface area (Å²) in [4.78, 5) is 30.2. The van der Waals surface area contributed by atoms with Crippen molar-refractivity contribution in [3.63, 3.8) is 0 Å². The molecular weight excluding hydrogens is 927 g/mol. The monoisotopic (exact) mass is 998 g/mol. The molecule has 11 N–H and O–H groups in total. The molecule has 9 aliphatic rings. The number of piperidine rings is 1. The maximum absolute atomic E-state index is 15.6. The Bertz CT molecular complexity index is 3020. The van der Waals surface area contributed by atoms with Crippen LogP contribution in [0.2, 0.25) is 0 Å². The van der Waals surface area contributed by atoms with Gasteiger partial charge in [0.25, 0.3) is 0 Å². The van der Waals surface area contributed by atoms with Gasteiger partial charge in [-0.1, -0.05) is 24.6 Å². The molecule has 10 unspecified atom stereocenters. The molecule has 3 fully saturated rings. The van der Waals surface area contributed by atoms with Crippen LogP contribution in [0, 0.1) is 29.1 Å². The number of aromatic hydroxyl groups is 2. The number of ether oxygens (including phenoxy) is 2. The van der Waals surface area contributed by atoms with E-state index in [9.17, 15) is 30.3 Å². The largest absolute Gasteiger partial charge is 0.508 e. The van der Waals surface area contributed by atoms with E-state index in [4.69, 9.17) is 19.6 Å². The number of likely N-dealkylation sites (N-methyl/N-ethyl adjacent to an activating group) is 1. The lowest BCUT2D eigenvalue weighted by Crippen LogP contribution is -2.59. The number of nitrogens with one attached hydrogen (secondary N) is 4. The van der Waals surface area contributed by atoms with Gasteiger partial charge in [0, 0.05) is 54.1 Å². The number of benzene rings is 2. The number of fused-ring (bicyclic) bond motifs is 10. The van der Waals surface area contributed by atoms with Gasteiger partial charge in [-0.2, -0.15) is 0 Å². The topological polar surface area (TPSA) is 241 Å². The molecule has 10 atom stereocenters. The first-order valence-electron chi connectivity index (χ1n) is 26.9. The standard InChI is InChI=1S/C58H71N5O10/c1-4-61-45-20-31-8-11-36-37-12-7-30-6-10-34(66)21-39(30)41(27-65)46(38-13-16-62-54(59)47(37)38)49-52-40(51(68)48-43(67)22-35(26-64)71-53(48)49)23-44(56(3,73-52)42(36)19-32(31)25-63-45)72-55(69)50-29(2)5-9-33-24-57(28-58(33,50)70)14-17-60-18-15-57/h6,10,13,20-22,25,33,36-37,41-42,44-46,60-66,68,70H,4-5,7-9,11-12,14-19,23-24,26-28,59H2,1-3H3. The van der Waals surface area contributed by atoms with E-state index in [0.29, 0.717) is 55.6 Å². The number of aliphatic hydroxyl groups excluding tert-OH is 2. The second kappa shape index (κ2) is 18.1. The van der Waals surface area contributed by atoms with Crippen LogP contribution in [0.25, 0.3) is 11.0 Å². The highest BCUT2D eigenvalue weighted by Crippen LogP contribution is 2.63. The lowest BCUT2D eigenvalue weighted by Gasteiger charge is -2.52. The Hall–Kier alpha value is -5.58. The fraction of sp³-hybridized carbons (Fsp3) is 0.552. The molecule has 2 aromatic carbocycles. The van der Waals surface area contributed by atoms with Crippen LogP contribution in [-0.4, -0.2) is 87.8 Å². The molecule has 3 aromatic rings. The Kier molecular flexibility index (Phi) is 12.0. The van der Waals surface area contributed by atoms with Crippen molar-refractivity contribution >= 4 is 16.9 Å². The molecule has 4 bridgehead atoms. The van der Waals surface area contributed by atoms with E-state index in [0.717, 1.165) is 91.6 Å². The van der Waals surface area contributed by atoms with E-state index in [2.05, 4.69) is 46.5 Å². The third-order valence-electron chi connectivity index (χ3n) is 19.3. The number of nitrogens with two attached hydrogens (primary N) is 1. The number of allylic oxidation sites excluding steroid dienone is 5. The SMILES string of the molecule is CCNC1C=C2CCC3C4CCc5ccc(O)cc5C(CO)C(C5=CCNC(N)=C54)c4c5c(c(O)c6c(=O)cc(CO)oc46)CC(OC(=O)C4=C(C)CCC6CC7(CCNCC7)CC46O)C(C)(O5)C3CC2=CN1. The average molecular weight is 998 g/mol. The molecule has 73 heavy (non-hydrogen) atoms. The second-order valence-electron chi connectivity index (χ2n) is 23.1. The van der Waals surface area contributed by atoms with E-state index in [-0.39, 0.29) is 81.2 Å². The van der Waals surface area contributed by atoms with Gasteiger partial charge < -0.3 is 61.1 Å². The first-order valence-corrected chi connectivity index (χ1v) is 26.9. The molecule has 0 radical (unpaired) electrons. The van der Waals surface area contributed by atoms with Crippen LogP contribution in [0.5, 0.6) is 17.2 Å². The maximum atomic E-state index is 15.6. The summed E-state index contributed by atoms with van der Waals surface area (Å²) in [6.07, 6.45) is 13.2. The summed E-state index contributed by atoms with van der Waals surface area (Å²) in [5.74, 6) is -2.69. The molecule has 6 heterocycles. The van der Waals surface area contributed by atoms with Crippen molar-refractivity contribution in [2.24, 2.45) is 34.8 Å². The lowest BCUT2D eigenvalue weighted by atomic mass is 9.61. The van der Waals surface area contributed by atoms with Gasteiger partial charge in [0.05, 0.1) is 23.9 Å². The third kappa shape index (κ3) is 7.60. The maximum Gasteiger partial charge on any atom is 0.337 e. The number of carbonyl (C=O) groups is 1. The fourth-order valence-corrected chi connectivity index (χ4v) is 15.9. The average Bonchev–Trinajstić information content (AvgIpc) is 3.53. The Morgan fingerprint density at radius 3 is 2.64 bits per heavy atom. The van der Waals surface area contributed by atoms with Crippen LogP contribution in [-0.2, 0) is 29.0 Å². The molecule has 5 aliphatic heterocycles. The Morgan fingerprint density at radius 1 is 1.04 bits per heavy atom. The summed E-state index contributed by atoms with van der Waals surface area (Å²) >= 11 is 0. The van der Waals surface area contributed by atoms with Crippen LogP contribution in [0.15, 0.2) is 91.1 Å². The van der Waals surface area contributed by atoms with Crippen LogP contribution < -0.4 is 37.2 Å². The first kappa shape index (κ1) is 48.4. The number of esters is 1. The van der Waals surface area contributed by atoms with Crippen LogP contribution in [0.1, 0.15) is 125 Å². The highest BCUT2D eigenvalue weighted by Gasteiger charge is 2.61. The number of hydrogen-bond acceptors (Lipinski definition) is 15. The zero-order valence-electron chi connectivity index (χ0n) is 42.2. The fourth-order valence-electron chi connectivity index (χ4n) is 15.9. The van der Waals surface area contributed by atoms with Gasteiger partial charge in [-0.05, 0) is 179 Å². The summed E-state index contributed by atoms with van der Waals surface area (Å²) < 4.78 is 21.5. The van der Waals surface area contributed by atoms with Crippen LogP contribution >= 0.6 is 0 Å². The number of carbonyl (C=O) groups excluding carboxylic acids is 1. The molecular formula is C58H71N5O10. The minimum absolute atomic E-state index is 0.00471. The highest BCUT2D eigenvalue weighted by atomic mass is 16.6. The quantitative estimate of drug-likeness (QED) is 0.131. The predicted molar refractivity (Wildman–Crippen MR) is 274 cm³/mol. The number of hydrogen-bond donors (Lipinski definition) is 10. The normalized spacial score (nSPS) is 33.1. The number of phenols is 2. The molecule has 15 heteroatoms. The summed E-state index contributed by atoms with van der Waals surface area (Å²) in [6.45, 7) is 7.94. The number of aryl methyl sites for hydroxylation is 1. The number of rotatable bonds is 6. The van der Waals surface area contributed by atoms with Crippen molar-refractivity contribution in [1.82, 2.24) is 21.3 Å². The Morgan fingerprint density at radius 2 is 1.86 bits per heavy atom. The van der Waals surface area contributed by atoms with Gasteiger partial charge in [-0.15, -0.1) is 0 Å². The molecule has 388 valence electrons. The summed E-state index contributed by atoms with van der Waals surface area (Å²) in [6, 6.07) is 6.50. The van der Waals surface area contributed by atoms with Crippen molar-refractivity contribution in [2.45, 2.75) is 140 Å². The van der Waals surface area contributed by atoms with E-state index < -0.39 is 53.8 Å². The van der Waals surface area contributed by atoms with Crippen molar-refractivity contribution < 1.29 is 44.2 Å². The zero-order valence-corrected chi connectivity index (χ0v) is 42.2. The second-order valence-corrected chi connectivity index (χ2v) is 23.1. The minimum Gasteiger partial charge on any atom is -0.508 e. The first-order chi connectivity index (χ1) is 35.2. The van der Waals surface area contributed by atoms with Crippen molar-refractivity contribution in [1.29, 1.82) is 0 Å². The molecule has 0 amide bonds. The summed E-state index contributed by atoms with van der Waals surface area (Å²) in [5, 5.41) is 73.5. The lowest BCUT2D eigenvalue weighted by molar-refractivity contribution is -0.172. The molecule has 4 aliphatic carbocycles. The van der Waals surface area contributed by atoms with E-state index >= 15 is 4.79 Å². The van der Waals surface area contributed by atoms with Crippen LogP contribution in [0.4, 0.5) is 0 Å². The zero-order chi connectivity index (χ0) is 50.7. The number of phenolic OH excluding ortho intramolecular Hbond substituents is 2. The third-order valence-corrected chi connectivity index (χ3v) is 19.3. The summed E-state index contributed by atoms with van der Waals surface area (Å²) in [7, 11) is 0. The van der Waals surface area contributed by atoms with Crippen molar-refractivity contribution in [3.05, 3.63) is 120 Å². The van der Waals surface area contributed by atoms with Gasteiger partial charge in [0.1, 0.15) is 58.1 Å². The molecule has 15 nitrogen and oxygen atoms in total. The Labute approximate surface area is 425 Å². The summed E-state index contributed by atoms with van der Waals surface area (Å²) in [5.41, 5.74) is 11.4. The molecule has 2 saturated carbocycles. The van der Waals surface area contributed by atoms with Crippen molar-refractivity contribution in [3.8, 4) is 17.2 Å².